The fourth-order valence-corrected chi connectivity index (χ4v) is 3.81. The van der Waals surface area contributed by atoms with Crippen LogP contribution in [0.4, 0.5) is 4.39 Å². The number of rotatable bonds is 6. The van der Waals surface area contributed by atoms with E-state index < -0.39 is 18.0 Å². The number of aliphatic carboxylic acids is 1. The Morgan fingerprint density at radius 2 is 2.03 bits per heavy atom. The first-order chi connectivity index (χ1) is 15.4. The molecule has 4 rings (SSSR count). The lowest BCUT2D eigenvalue weighted by Gasteiger charge is -2.27. The summed E-state index contributed by atoms with van der Waals surface area (Å²) in [6, 6.07) is 13.5. The molecule has 32 heavy (non-hydrogen) atoms. The molecule has 0 radical (unpaired) electrons. The van der Waals surface area contributed by atoms with Crippen LogP contribution in [0.3, 0.4) is 0 Å². The maximum absolute atomic E-state index is 14.3. The number of hydrogen-bond acceptors (Lipinski definition) is 5. The van der Waals surface area contributed by atoms with Crippen molar-refractivity contribution in [1.29, 1.82) is 0 Å². The fraction of sp³-hybridized carbons (Fsp3) is 0.280. The molecule has 0 saturated carbocycles. The Bertz CT molecular complexity index is 1130. The van der Waals surface area contributed by atoms with E-state index in [1.54, 1.807) is 36.5 Å². The number of aryl methyl sites for hydroxylation is 1. The van der Waals surface area contributed by atoms with Crippen LogP contribution in [-0.4, -0.2) is 28.3 Å². The summed E-state index contributed by atoms with van der Waals surface area (Å²) in [5, 5.41) is 19.5. The van der Waals surface area contributed by atoms with Gasteiger partial charge in [0.25, 0.3) is 0 Å². The van der Waals surface area contributed by atoms with E-state index in [-0.39, 0.29) is 11.9 Å². The Kier molecular flexibility index (Phi) is 6.10. The lowest BCUT2D eigenvalue weighted by molar-refractivity contribution is -0.145. The number of methoxy groups -OCH3 is 1. The highest BCUT2D eigenvalue weighted by atomic mass is 19.1. The highest BCUT2D eigenvalue weighted by molar-refractivity contribution is 5.70. The zero-order valence-corrected chi connectivity index (χ0v) is 17.8. The zero-order valence-electron chi connectivity index (χ0n) is 17.8. The van der Waals surface area contributed by atoms with E-state index in [1.165, 1.54) is 20.1 Å². The minimum atomic E-state index is -1.13. The Hall–Kier alpha value is -3.45. The van der Waals surface area contributed by atoms with Gasteiger partial charge in [-0.05, 0) is 61.2 Å². The Morgan fingerprint density at radius 1 is 1.22 bits per heavy atom. The van der Waals surface area contributed by atoms with Crippen molar-refractivity contribution in [3.63, 3.8) is 0 Å². The molecule has 0 aliphatic carbocycles. The van der Waals surface area contributed by atoms with Crippen LogP contribution >= 0.6 is 0 Å². The van der Waals surface area contributed by atoms with E-state index in [0.29, 0.717) is 33.9 Å². The molecular weight excluding hydrogens is 413 g/mol. The number of aliphatic hydroxyl groups excluding tert-OH is 1. The van der Waals surface area contributed by atoms with Crippen molar-refractivity contribution < 1.29 is 28.9 Å². The first kappa shape index (κ1) is 21.8. The number of ether oxygens (including phenoxy) is 2. The van der Waals surface area contributed by atoms with E-state index in [4.69, 9.17) is 14.6 Å². The summed E-state index contributed by atoms with van der Waals surface area (Å²) in [6.07, 6.45) is 1.67. The summed E-state index contributed by atoms with van der Waals surface area (Å²) in [7, 11) is 1.53. The molecule has 6 nitrogen and oxygen atoms in total. The number of hydrogen-bond donors (Lipinski definition) is 2. The van der Waals surface area contributed by atoms with E-state index in [9.17, 15) is 14.3 Å². The quantitative estimate of drug-likeness (QED) is 0.580. The molecule has 3 aromatic rings. The zero-order chi connectivity index (χ0) is 22.8. The average Bonchev–Trinajstić information content (AvgIpc) is 2.82. The predicted octanol–water partition coefficient (Wildman–Crippen LogP) is 4.72. The highest BCUT2D eigenvalue weighted by Gasteiger charge is 2.27. The van der Waals surface area contributed by atoms with Crippen LogP contribution in [0.2, 0.25) is 0 Å². The Balaban J connectivity index is 1.55. The van der Waals surface area contributed by atoms with Crippen LogP contribution in [0, 0.1) is 11.7 Å². The van der Waals surface area contributed by atoms with Crippen molar-refractivity contribution in [1.82, 2.24) is 4.98 Å². The summed E-state index contributed by atoms with van der Waals surface area (Å²) in [6.45, 7) is 1.47. The Labute approximate surface area is 185 Å². The largest absolute Gasteiger partial charge is 0.497 e. The van der Waals surface area contributed by atoms with Gasteiger partial charge in [-0.1, -0.05) is 18.2 Å². The topological polar surface area (TPSA) is 88.9 Å². The van der Waals surface area contributed by atoms with Gasteiger partial charge in [0.15, 0.2) is 0 Å². The molecule has 1 unspecified atom stereocenters. The van der Waals surface area contributed by atoms with Gasteiger partial charge in [0.2, 0.25) is 0 Å². The summed E-state index contributed by atoms with van der Waals surface area (Å²) >= 11 is 0. The van der Waals surface area contributed by atoms with Gasteiger partial charge in [-0.3, -0.25) is 9.78 Å². The van der Waals surface area contributed by atoms with E-state index >= 15 is 0 Å². The lowest BCUT2D eigenvalue weighted by atomic mass is 9.93. The van der Waals surface area contributed by atoms with Crippen molar-refractivity contribution in [2.24, 2.45) is 5.92 Å². The summed E-state index contributed by atoms with van der Waals surface area (Å²) in [5.41, 5.74) is 3.25. The number of carboxylic acid groups (broad SMARTS) is 1. The summed E-state index contributed by atoms with van der Waals surface area (Å²) < 4.78 is 25.6. The normalized spacial score (nSPS) is 17.1. The van der Waals surface area contributed by atoms with Gasteiger partial charge in [0.1, 0.15) is 23.4 Å². The van der Waals surface area contributed by atoms with Crippen LogP contribution in [0.5, 0.6) is 11.5 Å². The van der Waals surface area contributed by atoms with Crippen LogP contribution in [-0.2, 0) is 11.2 Å². The highest BCUT2D eigenvalue weighted by Crippen LogP contribution is 2.37. The fourth-order valence-electron chi connectivity index (χ4n) is 3.81. The van der Waals surface area contributed by atoms with E-state index in [2.05, 4.69) is 4.98 Å². The van der Waals surface area contributed by atoms with Crippen molar-refractivity contribution in [2.75, 3.05) is 7.11 Å². The van der Waals surface area contributed by atoms with Crippen molar-refractivity contribution in [2.45, 2.75) is 32.0 Å². The van der Waals surface area contributed by atoms with Gasteiger partial charge in [-0.15, -0.1) is 0 Å². The van der Waals surface area contributed by atoms with Gasteiger partial charge in [-0.2, -0.15) is 0 Å². The molecule has 1 aliphatic rings. The molecule has 3 atom stereocenters. The molecular formula is C25H24FNO5. The maximum Gasteiger partial charge on any atom is 0.309 e. The second-order valence-electron chi connectivity index (χ2n) is 7.90. The smallest absolute Gasteiger partial charge is 0.309 e. The van der Waals surface area contributed by atoms with E-state index in [1.807, 2.05) is 12.1 Å². The minimum Gasteiger partial charge on any atom is -0.497 e. The van der Waals surface area contributed by atoms with E-state index in [0.717, 1.165) is 18.4 Å². The van der Waals surface area contributed by atoms with Crippen LogP contribution in [0.1, 0.15) is 42.4 Å². The average molecular weight is 437 g/mol. The number of benzene rings is 2. The molecule has 2 N–H and O–H groups in total. The SMILES string of the molecule is COc1ccc(F)c(-c2ccc(C3CCc4ccc([C@H](O)[C@@H](C)C(=O)O)cc4O3)nc2)c1. The number of nitrogens with zero attached hydrogens (tertiary/aromatic N) is 1. The van der Waals surface area contributed by atoms with Gasteiger partial charge in [0, 0.05) is 17.3 Å². The number of carbonyl (C=O) groups is 1. The summed E-state index contributed by atoms with van der Waals surface area (Å²) in [4.78, 5) is 15.7. The molecule has 1 aromatic heterocycles. The molecule has 166 valence electrons. The molecule has 1 aliphatic heterocycles. The third kappa shape index (κ3) is 4.29. The van der Waals surface area contributed by atoms with Gasteiger partial charge < -0.3 is 19.7 Å². The monoisotopic (exact) mass is 437 g/mol. The van der Waals surface area contributed by atoms with Crippen molar-refractivity contribution in [3.05, 3.63) is 77.4 Å². The maximum atomic E-state index is 14.3. The molecule has 2 heterocycles. The van der Waals surface area contributed by atoms with Gasteiger partial charge in [0.05, 0.1) is 24.8 Å². The molecule has 0 fully saturated rings. The molecule has 0 bridgehead atoms. The molecule has 0 saturated heterocycles. The number of aliphatic hydroxyl groups is 1. The first-order valence-electron chi connectivity index (χ1n) is 10.4. The van der Waals surface area contributed by atoms with Crippen molar-refractivity contribution >= 4 is 5.97 Å². The minimum absolute atomic E-state index is 0.295. The molecule has 0 spiro atoms. The predicted molar refractivity (Wildman–Crippen MR) is 116 cm³/mol. The molecule has 0 amide bonds. The first-order valence-corrected chi connectivity index (χ1v) is 10.4. The second-order valence-corrected chi connectivity index (χ2v) is 7.90. The third-order valence-electron chi connectivity index (χ3n) is 5.84. The van der Waals surface area contributed by atoms with Crippen LogP contribution in [0.25, 0.3) is 11.1 Å². The number of aromatic nitrogens is 1. The number of halogens is 1. The number of fused-ring (bicyclic) bond motifs is 1. The van der Waals surface area contributed by atoms with Crippen LogP contribution in [0.15, 0.2) is 54.7 Å². The number of carboxylic acids is 1. The van der Waals surface area contributed by atoms with Crippen LogP contribution < -0.4 is 9.47 Å². The second kappa shape index (κ2) is 8.96. The Morgan fingerprint density at radius 3 is 2.72 bits per heavy atom. The number of pyridine rings is 1. The lowest BCUT2D eigenvalue weighted by Crippen LogP contribution is -2.20. The third-order valence-corrected chi connectivity index (χ3v) is 5.84. The van der Waals surface area contributed by atoms with Gasteiger partial charge >= 0.3 is 5.97 Å². The molecule has 2 aromatic carbocycles. The van der Waals surface area contributed by atoms with Gasteiger partial charge in [-0.25, -0.2) is 4.39 Å². The standard InChI is InChI=1S/C25H24FNO5/c1-14(25(29)30)24(28)16-4-3-15-6-10-22(32-23(15)11-16)21-9-5-17(13-27-21)19-12-18(31-2)7-8-20(19)26/h3-5,7-9,11-14,22,24,28H,6,10H2,1-2H3,(H,29,30)/t14-,22?,24-/m1/s1. The van der Waals surface area contributed by atoms with Crippen molar-refractivity contribution in [3.8, 4) is 22.6 Å². The molecule has 7 heteroatoms. The summed E-state index contributed by atoms with van der Waals surface area (Å²) in [5.74, 6) is -1.18.